The van der Waals surface area contributed by atoms with Gasteiger partial charge in [0.2, 0.25) is 0 Å². The Morgan fingerprint density at radius 2 is 1.42 bits per heavy atom. The van der Waals surface area contributed by atoms with Crippen LogP contribution >= 0.6 is 0 Å². The van der Waals surface area contributed by atoms with Gasteiger partial charge < -0.3 is 4.74 Å². The van der Waals surface area contributed by atoms with Crippen LogP contribution in [0, 0.1) is 12.1 Å². The molecule has 0 saturated heterocycles. The third-order valence-corrected chi connectivity index (χ3v) is 9.43. The van der Waals surface area contributed by atoms with Gasteiger partial charge in [-0.1, -0.05) is 54.6 Å². The van der Waals surface area contributed by atoms with Gasteiger partial charge in [0.05, 0.1) is 16.8 Å². The van der Waals surface area contributed by atoms with Crippen molar-refractivity contribution in [1.29, 1.82) is 0 Å². The Balaban J connectivity index is 0.00000278. The number of nitrogens with zero attached hydrogens (tertiary/aromatic N) is 3. The number of aromatic nitrogens is 3. The average molecular weight is 737 g/mol. The summed E-state index contributed by atoms with van der Waals surface area (Å²) in [6.45, 7) is 0. The quantitative estimate of drug-likeness (QED) is 0.167. The molecule has 2 heterocycles. The van der Waals surface area contributed by atoms with Crippen molar-refractivity contribution in [1.82, 2.24) is 14.8 Å². The zero-order valence-electron chi connectivity index (χ0n) is 23.3. The molecule has 2 atom stereocenters. The van der Waals surface area contributed by atoms with Crippen molar-refractivity contribution >= 4 is 0 Å². The molecule has 3 aliphatic rings. The Labute approximate surface area is 265 Å². The van der Waals surface area contributed by atoms with Crippen LogP contribution in [0.2, 0.25) is 0 Å². The first kappa shape index (κ1) is 26.4. The fraction of sp³-hybridized carbons (Fsp3) is 0.158. The average Bonchev–Trinajstić information content (AvgIpc) is 3.82. The van der Waals surface area contributed by atoms with Crippen molar-refractivity contribution in [2.24, 2.45) is 0 Å². The fourth-order valence-electron chi connectivity index (χ4n) is 7.67. The third-order valence-electron chi connectivity index (χ3n) is 9.43. The van der Waals surface area contributed by atoms with E-state index in [-0.39, 0.29) is 21.1 Å². The number of hydrogen-bond donors (Lipinski definition) is 0. The van der Waals surface area contributed by atoms with Gasteiger partial charge in [0.25, 0.3) is 0 Å². The monoisotopic (exact) mass is 736 g/mol. The molecule has 5 heteroatoms. The summed E-state index contributed by atoms with van der Waals surface area (Å²) < 4.78 is 8.43. The Hall–Kier alpha value is -4.27. The van der Waals surface area contributed by atoms with Crippen LogP contribution in [0.1, 0.15) is 64.7 Å². The SMILES string of the molecule is [Pt+2].[c-]1c(Oc2[c-]c(C3(c4ccccn4)c4ccccc4-c4ccccc43)ccc2)cccc1-n1cc2c(n1)[C@@H]1CC[C@H]2C1. The van der Waals surface area contributed by atoms with Crippen molar-refractivity contribution < 1.29 is 25.8 Å². The van der Waals surface area contributed by atoms with Gasteiger partial charge >= 0.3 is 21.1 Å². The Bertz CT molecular complexity index is 1910. The summed E-state index contributed by atoms with van der Waals surface area (Å²) in [5, 5.41) is 4.96. The van der Waals surface area contributed by atoms with E-state index in [0.29, 0.717) is 23.3 Å². The minimum Gasteiger partial charge on any atom is -0.509 e. The number of pyridine rings is 1. The molecule has 2 bridgehead atoms. The molecule has 0 amide bonds. The van der Waals surface area contributed by atoms with Crippen molar-refractivity contribution in [2.75, 3.05) is 0 Å². The normalized spacial score (nSPS) is 18.4. The van der Waals surface area contributed by atoms with Gasteiger partial charge in [0.15, 0.2) is 0 Å². The van der Waals surface area contributed by atoms with Gasteiger partial charge in [-0.2, -0.15) is 23.3 Å². The van der Waals surface area contributed by atoms with Crippen LogP contribution in [0.25, 0.3) is 16.8 Å². The van der Waals surface area contributed by atoms with Crippen molar-refractivity contribution in [3.63, 3.8) is 0 Å². The van der Waals surface area contributed by atoms with Crippen molar-refractivity contribution in [3.8, 4) is 28.3 Å². The second kappa shape index (κ2) is 10.2. The number of rotatable bonds is 5. The summed E-state index contributed by atoms with van der Waals surface area (Å²) in [5.41, 5.74) is 9.78. The maximum Gasteiger partial charge on any atom is 2.00 e. The van der Waals surface area contributed by atoms with Gasteiger partial charge in [-0.25, -0.2) is 0 Å². The summed E-state index contributed by atoms with van der Waals surface area (Å²) in [6, 6.07) is 42.7. The minimum atomic E-state index is -0.617. The van der Waals surface area contributed by atoms with Crippen LogP contribution in [0.15, 0.2) is 116 Å². The van der Waals surface area contributed by atoms with Gasteiger partial charge in [-0.3, -0.25) is 9.67 Å². The predicted molar refractivity (Wildman–Crippen MR) is 162 cm³/mol. The second-order valence-electron chi connectivity index (χ2n) is 11.6. The van der Waals surface area contributed by atoms with E-state index in [9.17, 15) is 0 Å². The predicted octanol–water partition coefficient (Wildman–Crippen LogP) is 8.39. The van der Waals surface area contributed by atoms with E-state index in [2.05, 4.69) is 85.1 Å². The molecule has 0 spiro atoms. The summed E-state index contributed by atoms with van der Waals surface area (Å²) in [4.78, 5) is 4.93. The van der Waals surface area contributed by atoms with E-state index < -0.39 is 5.41 Å². The molecule has 1 fully saturated rings. The van der Waals surface area contributed by atoms with Gasteiger partial charge in [0, 0.05) is 29.8 Å². The minimum absolute atomic E-state index is 0. The zero-order valence-corrected chi connectivity index (χ0v) is 25.6. The largest absolute Gasteiger partial charge is 2.00 e. The molecule has 0 N–H and O–H groups in total. The van der Waals surface area contributed by atoms with E-state index in [1.807, 2.05) is 47.3 Å². The molecule has 4 nitrogen and oxygen atoms in total. The smallest absolute Gasteiger partial charge is 0.509 e. The van der Waals surface area contributed by atoms with Crippen LogP contribution in [0.4, 0.5) is 0 Å². The first-order valence-electron chi connectivity index (χ1n) is 14.7. The van der Waals surface area contributed by atoms with Gasteiger partial charge in [0.1, 0.15) is 0 Å². The van der Waals surface area contributed by atoms with Gasteiger partial charge in [-0.05, 0) is 70.8 Å². The summed E-state index contributed by atoms with van der Waals surface area (Å²) in [6.07, 6.45) is 7.90. The summed E-state index contributed by atoms with van der Waals surface area (Å²) in [7, 11) is 0. The maximum absolute atomic E-state index is 6.46. The molecule has 0 radical (unpaired) electrons. The van der Waals surface area contributed by atoms with Crippen molar-refractivity contribution in [2.45, 2.75) is 36.5 Å². The summed E-state index contributed by atoms with van der Waals surface area (Å²) in [5.74, 6) is 2.57. The van der Waals surface area contributed by atoms with E-state index in [1.165, 1.54) is 52.8 Å². The molecule has 3 aliphatic carbocycles. The van der Waals surface area contributed by atoms with Gasteiger partial charge in [-0.15, -0.1) is 35.9 Å². The second-order valence-corrected chi connectivity index (χ2v) is 11.6. The zero-order chi connectivity index (χ0) is 27.7. The fourth-order valence-corrected chi connectivity index (χ4v) is 7.67. The Morgan fingerprint density at radius 1 is 0.721 bits per heavy atom. The molecule has 43 heavy (non-hydrogen) atoms. The van der Waals surface area contributed by atoms with Crippen LogP contribution in [0.3, 0.4) is 0 Å². The van der Waals surface area contributed by atoms with E-state index in [4.69, 9.17) is 14.8 Å². The maximum atomic E-state index is 6.46. The molecular formula is C38H27N3OPt. The Morgan fingerprint density at radius 3 is 2.16 bits per heavy atom. The van der Waals surface area contributed by atoms with Crippen LogP contribution in [-0.4, -0.2) is 14.8 Å². The molecule has 6 aromatic rings. The molecule has 210 valence electrons. The molecule has 0 unspecified atom stereocenters. The molecule has 2 aromatic heterocycles. The number of hydrogen-bond acceptors (Lipinski definition) is 3. The topological polar surface area (TPSA) is 39.9 Å². The molecule has 4 aromatic carbocycles. The number of benzene rings is 4. The Kier molecular flexibility index (Phi) is 6.24. The van der Waals surface area contributed by atoms with Crippen LogP contribution in [-0.2, 0) is 26.5 Å². The van der Waals surface area contributed by atoms with Crippen molar-refractivity contribution in [3.05, 3.63) is 161 Å². The standard InChI is InChI=1S/C38H27N3O.Pt/c1-3-15-34-31(13-1)32-14-2-4-16-35(32)38(34,36-17-5-6-20-39-36)27-9-7-11-29(22-27)42-30-12-8-10-28(23-30)41-24-33-25-18-19-26(21-25)37(33)40-41;/h1-17,20,24-26H,18-19,21H2;/q-2;+2/t25-,26+;/m0./s1. The first-order chi connectivity index (χ1) is 20.8. The van der Waals surface area contributed by atoms with E-state index in [1.54, 1.807) is 0 Å². The van der Waals surface area contributed by atoms with E-state index >= 15 is 0 Å². The van der Waals surface area contributed by atoms with Crippen LogP contribution in [0.5, 0.6) is 11.5 Å². The summed E-state index contributed by atoms with van der Waals surface area (Å²) >= 11 is 0. The molecular weight excluding hydrogens is 710 g/mol. The first-order valence-corrected chi connectivity index (χ1v) is 14.7. The molecule has 9 rings (SSSR count). The molecule has 0 aliphatic heterocycles. The van der Waals surface area contributed by atoms with Crippen LogP contribution < -0.4 is 4.74 Å². The molecule has 1 saturated carbocycles. The third kappa shape index (κ3) is 3.93. The number of ether oxygens (including phenoxy) is 1. The number of fused-ring (bicyclic) bond motifs is 8. The van der Waals surface area contributed by atoms with E-state index in [0.717, 1.165) is 16.9 Å².